The van der Waals surface area contributed by atoms with E-state index in [1.807, 2.05) is 20.2 Å². The van der Waals surface area contributed by atoms with Gasteiger partial charge in [-0.3, -0.25) is 14.8 Å². The van der Waals surface area contributed by atoms with Crippen molar-refractivity contribution in [1.29, 1.82) is 0 Å². The van der Waals surface area contributed by atoms with E-state index in [4.69, 9.17) is 0 Å². The summed E-state index contributed by atoms with van der Waals surface area (Å²) in [6.45, 7) is 3.15. The van der Waals surface area contributed by atoms with Crippen molar-refractivity contribution >= 4 is 17.3 Å². The molecule has 0 saturated carbocycles. The Morgan fingerprint density at radius 2 is 2.24 bits per heavy atom. The summed E-state index contributed by atoms with van der Waals surface area (Å²) in [5.41, 5.74) is 0.952. The highest BCUT2D eigenvalue weighted by molar-refractivity contribution is 5.61. The van der Waals surface area contributed by atoms with Gasteiger partial charge in [0.2, 0.25) is 5.82 Å². The number of aromatic nitrogens is 3. The lowest BCUT2D eigenvalue weighted by atomic mass is 10.3. The van der Waals surface area contributed by atoms with Crippen LogP contribution in [0.3, 0.4) is 0 Å². The fourth-order valence-electron chi connectivity index (χ4n) is 2.05. The SMILES string of the molecule is CCNc1ccc([N+](=O)[O-])c(N(C)Cc2cnn(C)c2)n1. The standard InChI is InChI=1S/C13H18N6O2/c1-4-14-12-6-5-11(19(20)21)13(16-12)17(2)8-10-7-15-18(3)9-10/h5-7,9H,4,8H2,1-3H3,(H,14,16). The third-order valence-electron chi connectivity index (χ3n) is 2.95. The van der Waals surface area contributed by atoms with Gasteiger partial charge in [-0.25, -0.2) is 4.98 Å². The first-order valence-electron chi connectivity index (χ1n) is 6.59. The molecule has 2 heterocycles. The molecule has 21 heavy (non-hydrogen) atoms. The van der Waals surface area contributed by atoms with Crippen LogP contribution < -0.4 is 10.2 Å². The number of rotatable bonds is 6. The van der Waals surface area contributed by atoms with Gasteiger partial charge in [0.25, 0.3) is 0 Å². The molecule has 0 aromatic carbocycles. The maximum atomic E-state index is 11.2. The van der Waals surface area contributed by atoms with E-state index in [9.17, 15) is 10.1 Å². The van der Waals surface area contributed by atoms with Gasteiger partial charge in [0, 0.05) is 45.0 Å². The molecule has 0 aliphatic rings. The number of nitrogens with zero attached hydrogens (tertiary/aromatic N) is 5. The van der Waals surface area contributed by atoms with Crippen LogP contribution in [-0.2, 0) is 13.6 Å². The third-order valence-corrected chi connectivity index (χ3v) is 2.95. The molecule has 0 aliphatic carbocycles. The van der Waals surface area contributed by atoms with Crippen molar-refractivity contribution in [2.45, 2.75) is 13.5 Å². The van der Waals surface area contributed by atoms with Crippen molar-refractivity contribution in [2.24, 2.45) is 7.05 Å². The predicted octanol–water partition coefficient (Wildman–Crippen LogP) is 1.79. The summed E-state index contributed by atoms with van der Waals surface area (Å²) in [6.07, 6.45) is 3.60. The van der Waals surface area contributed by atoms with Gasteiger partial charge >= 0.3 is 5.69 Å². The molecule has 0 aliphatic heterocycles. The Morgan fingerprint density at radius 3 is 2.81 bits per heavy atom. The summed E-state index contributed by atoms with van der Waals surface area (Å²) in [5.74, 6) is 0.957. The van der Waals surface area contributed by atoms with Crippen LogP contribution in [0.5, 0.6) is 0 Å². The Morgan fingerprint density at radius 1 is 1.48 bits per heavy atom. The van der Waals surface area contributed by atoms with E-state index in [1.165, 1.54) is 6.07 Å². The molecule has 1 N–H and O–H groups in total. The van der Waals surface area contributed by atoms with Gasteiger partial charge < -0.3 is 10.2 Å². The lowest BCUT2D eigenvalue weighted by Gasteiger charge is -2.18. The van der Waals surface area contributed by atoms with Crippen molar-refractivity contribution < 1.29 is 4.92 Å². The smallest absolute Gasteiger partial charge is 0.311 e. The summed E-state index contributed by atoms with van der Waals surface area (Å²) in [4.78, 5) is 16.8. The number of hydrogen-bond acceptors (Lipinski definition) is 6. The summed E-state index contributed by atoms with van der Waals surface area (Å²) >= 11 is 0. The van der Waals surface area contributed by atoms with Crippen LogP contribution in [0.4, 0.5) is 17.3 Å². The molecule has 8 nitrogen and oxygen atoms in total. The zero-order valence-electron chi connectivity index (χ0n) is 12.3. The van der Waals surface area contributed by atoms with E-state index < -0.39 is 4.92 Å². The lowest BCUT2D eigenvalue weighted by molar-refractivity contribution is -0.384. The van der Waals surface area contributed by atoms with E-state index in [0.29, 0.717) is 24.7 Å². The van der Waals surface area contributed by atoms with Crippen LogP contribution >= 0.6 is 0 Å². The van der Waals surface area contributed by atoms with Crippen LogP contribution in [0.25, 0.3) is 0 Å². The minimum Gasteiger partial charge on any atom is -0.370 e. The van der Waals surface area contributed by atoms with Crippen molar-refractivity contribution in [3.8, 4) is 0 Å². The largest absolute Gasteiger partial charge is 0.370 e. The average molecular weight is 290 g/mol. The van der Waals surface area contributed by atoms with Gasteiger partial charge in [0.15, 0.2) is 0 Å². The Balaban J connectivity index is 2.30. The molecule has 112 valence electrons. The molecule has 0 saturated heterocycles. The number of nitrogens with one attached hydrogen (secondary N) is 1. The molecule has 2 rings (SSSR count). The topological polar surface area (TPSA) is 89.1 Å². The van der Waals surface area contributed by atoms with E-state index in [0.717, 1.165) is 5.56 Å². The van der Waals surface area contributed by atoms with E-state index >= 15 is 0 Å². The van der Waals surface area contributed by atoms with Gasteiger partial charge in [0.05, 0.1) is 11.1 Å². The molecule has 0 radical (unpaired) electrons. The molecular formula is C13H18N6O2. The molecule has 0 unspecified atom stereocenters. The highest BCUT2D eigenvalue weighted by atomic mass is 16.6. The zero-order chi connectivity index (χ0) is 15.4. The van der Waals surface area contributed by atoms with Gasteiger partial charge in [0.1, 0.15) is 5.82 Å². The second kappa shape index (κ2) is 6.21. The molecule has 0 atom stereocenters. The fourth-order valence-corrected chi connectivity index (χ4v) is 2.05. The minimum absolute atomic E-state index is 0.0111. The van der Waals surface area contributed by atoms with E-state index in [1.54, 1.807) is 28.9 Å². The van der Waals surface area contributed by atoms with Crippen molar-refractivity contribution in [1.82, 2.24) is 14.8 Å². The van der Waals surface area contributed by atoms with Crippen LogP contribution in [0.2, 0.25) is 0 Å². The lowest BCUT2D eigenvalue weighted by Crippen LogP contribution is -2.19. The zero-order valence-corrected chi connectivity index (χ0v) is 12.3. The van der Waals surface area contributed by atoms with Crippen LogP contribution in [0, 0.1) is 10.1 Å². The fraction of sp³-hybridized carbons (Fsp3) is 0.385. The Bertz CT molecular complexity index is 639. The number of pyridine rings is 1. The predicted molar refractivity (Wildman–Crippen MR) is 80.4 cm³/mol. The second-order valence-corrected chi connectivity index (χ2v) is 4.70. The molecular weight excluding hydrogens is 272 g/mol. The van der Waals surface area contributed by atoms with Crippen LogP contribution in [0.15, 0.2) is 24.5 Å². The first-order chi connectivity index (χ1) is 10.0. The molecule has 0 fully saturated rings. The summed E-state index contributed by atoms with van der Waals surface area (Å²) in [7, 11) is 3.61. The van der Waals surface area contributed by atoms with E-state index in [2.05, 4.69) is 15.4 Å². The molecule has 2 aromatic heterocycles. The quantitative estimate of drug-likeness (QED) is 0.644. The Kier molecular flexibility index (Phi) is 4.36. The normalized spacial score (nSPS) is 10.4. The second-order valence-electron chi connectivity index (χ2n) is 4.70. The Labute approximate surface area is 122 Å². The maximum Gasteiger partial charge on any atom is 0.311 e. The van der Waals surface area contributed by atoms with Crippen LogP contribution in [-0.4, -0.2) is 33.3 Å². The summed E-state index contributed by atoms with van der Waals surface area (Å²) in [6, 6.07) is 3.09. The van der Waals surface area contributed by atoms with Gasteiger partial charge in [-0.05, 0) is 13.0 Å². The van der Waals surface area contributed by atoms with Crippen molar-refractivity contribution in [3.63, 3.8) is 0 Å². The highest BCUT2D eigenvalue weighted by Crippen LogP contribution is 2.27. The molecule has 0 bridgehead atoms. The van der Waals surface area contributed by atoms with Crippen molar-refractivity contribution in [3.05, 3.63) is 40.2 Å². The molecule has 0 spiro atoms. The van der Waals surface area contributed by atoms with Gasteiger partial charge in [-0.15, -0.1) is 0 Å². The molecule has 0 amide bonds. The van der Waals surface area contributed by atoms with Gasteiger partial charge in [-0.1, -0.05) is 0 Å². The van der Waals surface area contributed by atoms with Crippen molar-refractivity contribution in [2.75, 3.05) is 23.8 Å². The highest BCUT2D eigenvalue weighted by Gasteiger charge is 2.20. The monoisotopic (exact) mass is 290 g/mol. The molecule has 2 aromatic rings. The number of hydrogen-bond donors (Lipinski definition) is 1. The Hall–Kier alpha value is -2.64. The summed E-state index contributed by atoms with van der Waals surface area (Å²) in [5, 5.41) is 18.3. The average Bonchev–Trinajstić information content (AvgIpc) is 2.84. The third kappa shape index (κ3) is 3.47. The maximum absolute atomic E-state index is 11.2. The molecule has 8 heteroatoms. The number of anilines is 2. The van der Waals surface area contributed by atoms with Crippen LogP contribution in [0.1, 0.15) is 12.5 Å². The number of aryl methyl sites for hydroxylation is 1. The number of nitro groups is 1. The minimum atomic E-state index is -0.419. The summed E-state index contributed by atoms with van der Waals surface area (Å²) < 4.78 is 1.69. The van der Waals surface area contributed by atoms with Gasteiger partial charge in [-0.2, -0.15) is 5.10 Å². The first-order valence-corrected chi connectivity index (χ1v) is 6.59. The van der Waals surface area contributed by atoms with E-state index in [-0.39, 0.29) is 5.69 Å². The first kappa shape index (κ1) is 14.8.